The molecule has 1 aromatic heterocycles. The third-order valence-corrected chi connectivity index (χ3v) is 5.65. The Hall–Kier alpha value is -0.970. The number of rotatable bonds is 3. The predicted molar refractivity (Wildman–Crippen MR) is 89.3 cm³/mol. The van der Waals surface area contributed by atoms with Crippen LogP contribution < -0.4 is 5.32 Å². The number of aromatic nitrogens is 1. The first kappa shape index (κ1) is 13.7. The maximum atomic E-state index is 4.57. The van der Waals surface area contributed by atoms with Gasteiger partial charge in [0.1, 0.15) is 0 Å². The topological polar surface area (TPSA) is 28.2 Å². The number of hydrogen-bond donors (Lipinski definition) is 1. The number of hydrogen-bond acceptors (Lipinski definition) is 3. The van der Waals surface area contributed by atoms with E-state index in [0.717, 1.165) is 22.6 Å². The highest BCUT2D eigenvalue weighted by Crippen LogP contribution is 2.29. The van der Waals surface area contributed by atoms with Gasteiger partial charge in [0, 0.05) is 41.2 Å². The molecule has 1 aromatic carbocycles. The van der Waals surface area contributed by atoms with E-state index in [0.29, 0.717) is 6.04 Å². The zero-order valence-corrected chi connectivity index (χ0v) is 13.6. The Labute approximate surface area is 133 Å². The molecule has 2 saturated heterocycles. The average Bonchev–Trinajstić information content (AvgIpc) is 3.11. The first-order valence-electron chi connectivity index (χ1n) is 7.82. The van der Waals surface area contributed by atoms with Crippen molar-refractivity contribution in [2.45, 2.75) is 37.9 Å². The lowest BCUT2D eigenvalue weighted by Crippen LogP contribution is -2.38. The SMILES string of the molecule is Brc1ccc(CNC2CCN3CCCC23)c2ncccc12. The molecule has 4 heteroatoms. The maximum Gasteiger partial charge on any atom is 0.0758 e. The smallest absolute Gasteiger partial charge is 0.0758 e. The van der Waals surface area contributed by atoms with Crippen molar-refractivity contribution >= 4 is 26.8 Å². The molecule has 4 rings (SSSR count). The summed E-state index contributed by atoms with van der Waals surface area (Å²) in [6.07, 6.45) is 5.89. The van der Waals surface area contributed by atoms with Gasteiger partial charge in [-0.15, -0.1) is 0 Å². The summed E-state index contributed by atoms with van der Waals surface area (Å²) in [6.45, 7) is 3.48. The highest BCUT2D eigenvalue weighted by Gasteiger charge is 2.36. The minimum absolute atomic E-state index is 0.648. The van der Waals surface area contributed by atoms with Gasteiger partial charge in [-0.3, -0.25) is 9.88 Å². The molecule has 0 spiro atoms. The molecule has 110 valence electrons. The molecule has 2 aromatic rings. The summed E-state index contributed by atoms with van der Waals surface area (Å²) in [7, 11) is 0. The Morgan fingerprint density at radius 3 is 3.14 bits per heavy atom. The molecule has 0 aliphatic carbocycles. The number of nitrogens with zero attached hydrogens (tertiary/aromatic N) is 2. The van der Waals surface area contributed by atoms with Gasteiger partial charge in [-0.1, -0.05) is 28.1 Å². The molecule has 0 amide bonds. The van der Waals surface area contributed by atoms with Gasteiger partial charge in [0.2, 0.25) is 0 Å². The van der Waals surface area contributed by atoms with Crippen LogP contribution in [0, 0.1) is 0 Å². The summed E-state index contributed by atoms with van der Waals surface area (Å²) in [5.41, 5.74) is 2.41. The van der Waals surface area contributed by atoms with Gasteiger partial charge in [0.05, 0.1) is 5.52 Å². The number of benzene rings is 1. The zero-order valence-electron chi connectivity index (χ0n) is 12.1. The van der Waals surface area contributed by atoms with Crippen LogP contribution in [0.4, 0.5) is 0 Å². The van der Waals surface area contributed by atoms with Crippen LogP contribution >= 0.6 is 15.9 Å². The standard InChI is InChI=1S/C17H20BrN3/c18-14-6-5-12(17-13(14)3-1-8-19-17)11-20-15-7-10-21-9-2-4-16(15)21/h1,3,5-6,8,15-16,20H,2,4,7,9-11H2. The fraction of sp³-hybridized carbons (Fsp3) is 0.471. The Kier molecular flexibility index (Phi) is 3.69. The van der Waals surface area contributed by atoms with E-state index in [2.05, 4.69) is 49.3 Å². The normalized spacial score (nSPS) is 25.6. The monoisotopic (exact) mass is 345 g/mol. The van der Waals surface area contributed by atoms with Crippen molar-refractivity contribution in [2.24, 2.45) is 0 Å². The number of nitrogens with one attached hydrogen (secondary N) is 1. The Bertz CT molecular complexity index is 658. The van der Waals surface area contributed by atoms with E-state index in [9.17, 15) is 0 Å². The van der Waals surface area contributed by atoms with Gasteiger partial charge >= 0.3 is 0 Å². The van der Waals surface area contributed by atoms with Gasteiger partial charge in [-0.25, -0.2) is 0 Å². The van der Waals surface area contributed by atoms with E-state index in [1.165, 1.54) is 43.3 Å². The first-order chi connectivity index (χ1) is 10.3. The number of pyridine rings is 1. The van der Waals surface area contributed by atoms with Gasteiger partial charge in [-0.2, -0.15) is 0 Å². The van der Waals surface area contributed by atoms with Gasteiger partial charge in [0.25, 0.3) is 0 Å². The molecule has 0 radical (unpaired) electrons. The van der Waals surface area contributed by atoms with Crippen molar-refractivity contribution in [3.8, 4) is 0 Å². The van der Waals surface area contributed by atoms with E-state index in [-0.39, 0.29) is 0 Å². The van der Waals surface area contributed by atoms with Crippen LogP contribution in [-0.2, 0) is 6.54 Å². The molecular weight excluding hydrogens is 326 g/mol. The van der Waals surface area contributed by atoms with Crippen LogP contribution in [0.1, 0.15) is 24.8 Å². The molecular formula is C17H20BrN3. The van der Waals surface area contributed by atoms with Crippen molar-refractivity contribution in [3.63, 3.8) is 0 Å². The highest BCUT2D eigenvalue weighted by molar-refractivity contribution is 9.10. The van der Waals surface area contributed by atoms with Crippen molar-refractivity contribution in [1.29, 1.82) is 0 Å². The molecule has 21 heavy (non-hydrogen) atoms. The van der Waals surface area contributed by atoms with Crippen LogP contribution in [0.5, 0.6) is 0 Å². The van der Waals surface area contributed by atoms with Crippen LogP contribution in [-0.4, -0.2) is 35.1 Å². The largest absolute Gasteiger partial charge is 0.308 e. The fourth-order valence-electron chi connectivity index (χ4n) is 3.90. The van der Waals surface area contributed by atoms with Gasteiger partial charge < -0.3 is 5.32 Å². The summed E-state index contributed by atoms with van der Waals surface area (Å²) in [6, 6.07) is 9.86. The second-order valence-electron chi connectivity index (χ2n) is 6.13. The summed E-state index contributed by atoms with van der Waals surface area (Å²) < 4.78 is 1.12. The fourth-order valence-corrected chi connectivity index (χ4v) is 4.35. The third-order valence-electron chi connectivity index (χ3n) is 4.96. The minimum atomic E-state index is 0.648. The van der Waals surface area contributed by atoms with Crippen LogP contribution in [0.2, 0.25) is 0 Å². The molecule has 2 aliphatic rings. The van der Waals surface area contributed by atoms with Gasteiger partial charge in [-0.05, 0) is 43.5 Å². The van der Waals surface area contributed by atoms with Crippen molar-refractivity contribution < 1.29 is 0 Å². The zero-order chi connectivity index (χ0) is 14.2. The maximum absolute atomic E-state index is 4.57. The van der Waals surface area contributed by atoms with Crippen molar-refractivity contribution in [3.05, 3.63) is 40.5 Å². The molecule has 0 bridgehead atoms. The second-order valence-corrected chi connectivity index (χ2v) is 6.98. The lowest BCUT2D eigenvalue weighted by Gasteiger charge is -2.21. The molecule has 0 saturated carbocycles. The second kappa shape index (κ2) is 5.67. The molecule has 3 heterocycles. The highest BCUT2D eigenvalue weighted by atomic mass is 79.9. The third kappa shape index (κ3) is 2.50. The van der Waals surface area contributed by atoms with E-state index in [1.807, 2.05) is 12.3 Å². The van der Waals surface area contributed by atoms with E-state index >= 15 is 0 Å². The van der Waals surface area contributed by atoms with Crippen LogP contribution in [0.3, 0.4) is 0 Å². The molecule has 1 N–H and O–H groups in total. The van der Waals surface area contributed by atoms with Crippen LogP contribution in [0.15, 0.2) is 34.9 Å². The molecule has 2 unspecified atom stereocenters. The van der Waals surface area contributed by atoms with E-state index in [4.69, 9.17) is 0 Å². The van der Waals surface area contributed by atoms with Crippen LogP contribution in [0.25, 0.3) is 10.9 Å². The molecule has 2 atom stereocenters. The average molecular weight is 346 g/mol. The first-order valence-corrected chi connectivity index (χ1v) is 8.62. The summed E-state index contributed by atoms with van der Waals surface area (Å²) in [5, 5.41) is 4.98. The van der Waals surface area contributed by atoms with Crippen molar-refractivity contribution in [2.75, 3.05) is 13.1 Å². The molecule has 2 fully saturated rings. The van der Waals surface area contributed by atoms with E-state index in [1.54, 1.807) is 0 Å². The predicted octanol–water partition coefficient (Wildman–Crippen LogP) is 3.32. The quantitative estimate of drug-likeness (QED) is 0.924. The Morgan fingerprint density at radius 1 is 1.24 bits per heavy atom. The van der Waals surface area contributed by atoms with Gasteiger partial charge in [0.15, 0.2) is 0 Å². The summed E-state index contributed by atoms with van der Waals surface area (Å²) >= 11 is 3.62. The lowest BCUT2D eigenvalue weighted by atomic mass is 10.1. The summed E-state index contributed by atoms with van der Waals surface area (Å²) in [5.74, 6) is 0. The van der Waals surface area contributed by atoms with E-state index < -0.39 is 0 Å². The summed E-state index contributed by atoms with van der Waals surface area (Å²) in [4.78, 5) is 7.22. The van der Waals surface area contributed by atoms with Crippen molar-refractivity contribution in [1.82, 2.24) is 15.2 Å². The Balaban J connectivity index is 1.54. The number of halogens is 1. The Morgan fingerprint density at radius 2 is 2.19 bits per heavy atom. The minimum Gasteiger partial charge on any atom is -0.308 e. The molecule has 2 aliphatic heterocycles. The lowest BCUT2D eigenvalue weighted by molar-refractivity contribution is 0.298. The number of fused-ring (bicyclic) bond motifs is 2. The molecule has 3 nitrogen and oxygen atoms in total.